The lowest BCUT2D eigenvalue weighted by atomic mass is 9.85. The highest BCUT2D eigenvalue weighted by atomic mass is 32.1. The van der Waals surface area contributed by atoms with Crippen molar-refractivity contribution in [2.45, 2.75) is 45.1 Å². The SMILES string of the molecule is COC(c1nc(C(=O)O)c(C)s1)C1CCCCC1. The first-order valence-corrected chi connectivity index (χ1v) is 7.18. The van der Waals surface area contributed by atoms with Crippen LogP contribution in [0.2, 0.25) is 0 Å². The number of rotatable bonds is 4. The van der Waals surface area contributed by atoms with Crippen molar-refractivity contribution < 1.29 is 14.6 Å². The van der Waals surface area contributed by atoms with Crippen molar-refractivity contribution in [2.75, 3.05) is 7.11 Å². The average Bonchev–Trinajstić information content (AvgIpc) is 2.74. The lowest BCUT2D eigenvalue weighted by molar-refractivity contribution is 0.0350. The number of nitrogens with zero attached hydrogens (tertiary/aromatic N) is 1. The van der Waals surface area contributed by atoms with E-state index < -0.39 is 5.97 Å². The number of hydrogen-bond donors (Lipinski definition) is 1. The van der Waals surface area contributed by atoms with Crippen LogP contribution < -0.4 is 0 Å². The van der Waals surface area contributed by atoms with Gasteiger partial charge in [0, 0.05) is 12.0 Å². The molecule has 0 aliphatic heterocycles. The van der Waals surface area contributed by atoms with Gasteiger partial charge in [0.1, 0.15) is 11.1 Å². The summed E-state index contributed by atoms with van der Waals surface area (Å²) in [5.41, 5.74) is 0.174. The first-order chi connectivity index (χ1) is 8.63. The van der Waals surface area contributed by atoms with Crippen LogP contribution in [0.3, 0.4) is 0 Å². The Kier molecular flexibility index (Phi) is 4.35. The highest BCUT2D eigenvalue weighted by molar-refractivity contribution is 7.11. The largest absolute Gasteiger partial charge is 0.476 e. The molecule has 1 aromatic heterocycles. The van der Waals surface area contributed by atoms with E-state index in [4.69, 9.17) is 9.84 Å². The Morgan fingerprint density at radius 3 is 2.61 bits per heavy atom. The fourth-order valence-electron chi connectivity index (χ4n) is 2.67. The molecule has 1 aliphatic rings. The molecular weight excluding hydrogens is 250 g/mol. The highest BCUT2D eigenvalue weighted by Crippen LogP contribution is 2.38. The average molecular weight is 269 g/mol. The molecule has 0 spiro atoms. The molecule has 1 N–H and O–H groups in total. The maximum Gasteiger partial charge on any atom is 0.355 e. The van der Waals surface area contributed by atoms with Gasteiger partial charge in [-0.05, 0) is 25.7 Å². The molecule has 1 aliphatic carbocycles. The van der Waals surface area contributed by atoms with E-state index in [1.807, 2.05) is 0 Å². The maximum absolute atomic E-state index is 11.0. The number of methoxy groups -OCH3 is 1. The molecule has 1 fully saturated rings. The lowest BCUT2D eigenvalue weighted by Gasteiger charge is -2.27. The van der Waals surface area contributed by atoms with Gasteiger partial charge in [0.05, 0.1) is 0 Å². The number of carboxylic acids is 1. The molecule has 4 nitrogen and oxygen atoms in total. The van der Waals surface area contributed by atoms with Crippen LogP contribution in [0.25, 0.3) is 0 Å². The Balaban J connectivity index is 2.21. The lowest BCUT2D eigenvalue weighted by Crippen LogP contribution is -2.18. The van der Waals surface area contributed by atoms with Crippen molar-refractivity contribution in [3.8, 4) is 0 Å². The quantitative estimate of drug-likeness (QED) is 0.910. The number of aromatic carboxylic acids is 1. The topological polar surface area (TPSA) is 59.4 Å². The summed E-state index contributed by atoms with van der Waals surface area (Å²) in [6.07, 6.45) is 6.03. The van der Waals surface area contributed by atoms with E-state index in [2.05, 4.69) is 4.98 Å². The van der Waals surface area contributed by atoms with Crippen LogP contribution >= 0.6 is 11.3 Å². The van der Waals surface area contributed by atoms with Gasteiger partial charge in [0.15, 0.2) is 5.69 Å². The molecule has 18 heavy (non-hydrogen) atoms. The summed E-state index contributed by atoms with van der Waals surface area (Å²) in [6.45, 7) is 1.80. The van der Waals surface area contributed by atoms with Crippen molar-refractivity contribution in [1.29, 1.82) is 0 Å². The third-order valence-corrected chi connectivity index (χ3v) is 4.62. The van der Waals surface area contributed by atoms with E-state index in [1.54, 1.807) is 14.0 Å². The van der Waals surface area contributed by atoms with Gasteiger partial charge in [-0.2, -0.15) is 0 Å². The zero-order chi connectivity index (χ0) is 13.1. The van der Waals surface area contributed by atoms with E-state index in [1.165, 1.54) is 30.6 Å². The first kappa shape index (κ1) is 13.5. The second-order valence-corrected chi connectivity index (χ2v) is 6.05. The minimum absolute atomic E-state index is 0.0397. The summed E-state index contributed by atoms with van der Waals surface area (Å²) in [4.78, 5) is 16.0. The summed E-state index contributed by atoms with van der Waals surface area (Å²) in [6, 6.07) is 0. The van der Waals surface area contributed by atoms with Gasteiger partial charge < -0.3 is 9.84 Å². The molecule has 1 aromatic rings. The number of aryl methyl sites for hydroxylation is 1. The smallest absolute Gasteiger partial charge is 0.355 e. The molecule has 0 amide bonds. The monoisotopic (exact) mass is 269 g/mol. The summed E-state index contributed by atoms with van der Waals surface area (Å²) >= 11 is 1.45. The van der Waals surface area contributed by atoms with Gasteiger partial charge in [0.2, 0.25) is 0 Å². The van der Waals surface area contributed by atoms with Crippen LogP contribution in [0.1, 0.15) is 58.6 Å². The summed E-state index contributed by atoms with van der Waals surface area (Å²) in [5.74, 6) is -0.468. The number of hydrogen-bond acceptors (Lipinski definition) is 4. The van der Waals surface area contributed by atoms with Crippen LogP contribution in [0.15, 0.2) is 0 Å². The minimum Gasteiger partial charge on any atom is -0.476 e. The number of thiazole rings is 1. The number of aromatic nitrogens is 1. The molecule has 1 atom stereocenters. The van der Waals surface area contributed by atoms with Crippen molar-refractivity contribution >= 4 is 17.3 Å². The molecule has 0 radical (unpaired) electrons. The standard InChI is InChI=1S/C13H19NO3S/c1-8-10(13(15)16)14-12(18-8)11(17-2)9-6-4-3-5-7-9/h9,11H,3-7H2,1-2H3,(H,15,16). The van der Waals surface area contributed by atoms with Gasteiger partial charge in [-0.25, -0.2) is 9.78 Å². The van der Waals surface area contributed by atoms with Crippen LogP contribution in [-0.2, 0) is 4.74 Å². The van der Waals surface area contributed by atoms with Gasteiger partial charge >= 0.3 is 5.97 Å². The molecule has 0 saturated heterocycles. The van der Waals surface area contributed by atoms with Gasteiger partial charge in [-0.15, -0.1) is 11.3 Å². The van der Waals surface area contributed by atoms with E-state index >= 15 is 0 Å². The Morgan fingerprint density at radius 2 is 2.11 bits per heavy atom. The van der Waals surface area contributed by atoms with E-state index in [-0.39, 0.29) is 11.8 Å². The Hall–Kier alpha value is -0.940. The number of carbonyl (C=O) groups is 1. The Bertz CT molecular complexity index is 424. The van der Waals surface area contributed by atoms with Gasteiger partial charge in [-0.3, -0.25) is 0 Å². The third-order valence-electron chi connectivity index (χ3n) is 3.59. The van der Waals surface area contributed by atoms with Crippen LogP contribution in [0, 0.1) is 12.8 Å². The second-order valence-electron chi connectivity index (χ2n) is 4.82. The van der Waals surface area contributed by atoms with E-state index in [9.17, 15) is 4.79 Å². The number of carboxylic acid groups (broad SMARTS) is 1. The number of ether oxygens (including phenoxy) is 1. The highest BCUT2D eigenvalue weighted by Gasteiger charge is 2.29. The van der Waals surface area contributed by atoms with E-state index in [0.29, 0.717) is 5.92 Å². The summed E-state index contributed by atoms with van der Waals surface area (Å²) < 4.78 is 5.58. The van der Waals surface area contributed by atoms with Crippen LogP contribution in [-0.4, -0.2) is 23.2 Å². The van der Waals surface area contributed by atoms with Crippen LogP contribution in [0.4, 0.5) is 0 Å². The molecule has 1 heterocycles. The normalized spacial score (nSPS) is 18.8. The molecule has 0 aromatic carbocycles. The first-order valence-electron chi connectivity index (χ1n) is 6.37. The molecular formula is C13H19NO3S. The second kappa shape index (κ2) is 5.80. The van der Waals surface area contributed by atoms with Crippen molar-refractivity contribution in [1.82, 2.24) is 4.98 Å². The molecule has 5 heteroatoms. The Morgan fingerprint density at radius 1 is 1.44 bits per heavy atom. The molecule has 0 bridgehead atoms. The maximum atomic E-state index is 11.0. The fraction of sp³-hybridized carbons (Fsp3) is 0.692. The molecule has 2 rings (SSSR count). The molecule has 1 unspecified atom stereocenters. The predicted octanol–water partition coefficient (Wildman–Crippen LogP) is 3.42. The third kappa shape index (κ3) is 2.72. The van der Waals surface area contributed by atoms with Gasteiger partial charge in [0.25, 0.3) is 0 Å². The van der Waals surface area contributed by atoms with Gasteiger partial charge in [-0.1, -0.05) is 19.3 Å². The zero-order valence-corrected chi connectivity index (χ0v) is 11.6. The van der Waals surface area contributed by atoms with Crippen molar-refractivity contribution in [2.24, 2.45) is 5.92 Å². The molecule has 1 saturated carbocycles. The fourth-order valence-corrected chi connectivity index (χ4v) is 3.75. The zero-order valence-electron chi connectivity index (χ0n) is 10.8. The molecule has 100 valence electrons. The van der Waals surface area contributed by atoms with Crippen molar-refractivity contribution in [3.05, 3.63) is 15.6 Å². The summed E-state index contributed by atoms with van der Waals surface area (Å²) in [7, 11) is 1.69. The Labute approximate surface area is 111 Å². The van der Waals surface area contributed by atoms with Crippen molar-refractivity contribution in [3.63, 3.8) is 0 Å². The van der Waals surface area contributed by atoms with E-state index in [0.717, 1.165) is 22.7 Å². The predicted molar refractivity (Wildman–Crippen MR) is 70.1 cm³/mol. The minimum atomic E-state index is -0.950. The summed E-state index contributed by atoms with van der Waals surface area (Å²) in [5, 5.41) is 9.87. The van der Waals surface area contributed by atoms with Crippen LogP contribution in [0.5, 0.6) is 0 Å².